The zero-order valence-electron chi connectivity index (χ0n) is 11.3. The van der Waals surface area contributed by atoms with E-state index in [9.17, 15) is 20.0 Å². The van der Waals surface area contributed by atoms with Crippen LogP contribution in [-0.2, 0) is 11.3 Å². The van der Waals surface area contributed by atoms with Gasteiger partial charge in [0.25, 0.3) is 0 Å². The van der Waals surface area contributed by atoms with Crippen LogP contribution in [0.2, 0.25) is 0 Å². The van der Waals surface area contributed by atoms with Crippen LogP contribution in [0.5, 0.6) is 5.75 Å². The first-order valence-electron chi connectivity index (χ1n) is 6.22. The highest BCUT2D eigenvalue weighted by Gasteiger charge is 2.10. The number of nitrogens with one attached hydrogen (secondary N) is 1. The van der Waals surface area contributed by atoms with Crippen LogP contribution in [0.1, 0.15) is 12.0 Å². The number of hydrogen-bond donors (Lipinski definition) is 2. The van der Waals surface area contributed by atoms with Crippen LogP contribution in [0.15, 0.2) is 30.6 Å². The van der Waals surface area contributed by atoms with Gasteiger partial charge in [-0.25, -0.2) is 0 Å². The van der Waals surface area contributed by atoms with Gasteiger partial charge < -0.3 is 10.4 Å². The van der Waals surface area contributed by atoms with Gasteiger partial charge in [-0.05, 0) is 30.7 Å². The van der Waals surface area contributed by atoms with E-state index in [0.29, 0.717) is 5.69 Å². The van der Waals surface area contributed by atoms with E-state index in [-0.39, 0.29) is 30.3 Å². The van der Waals surface area contributed by atoms with Crippen LogP contribution < -0.4 is 5.32 Å². The van der Waals surface area contributed by atoms with Crippen molar-refractivity contribution in [2.45, 2.75) is 19.9 Å². The van der Waals surface area contributed by atoms with Crippen molar-refractivity contribution in [1.29, 1.82) is 0 Å². The molecule has 8 nitrogen and oxygen atoms in total. The maximum Gasteiger partial charge on any atom is 0.306 e. The van der Waals surface area contributed by atoms with Crippen molar-refractivity contribution in [3.8, 4) is 5.75 Å². The molecular formula is C13H14N4O4. The van der Waals surface area contributed by atoms with Gasteiger partial charge in [-0.2, -0.15) is 5.10 Å². The molecule has 0 unspecified atom stereocenters. The highest BCUT2D eigenvalue weighted by Crippen LogP contribution is 2.20. The number of amides is 1. The predicted molar refractivity (Wildman–Crippen MR) is 75.0 cm³/mol. The first-order chi connectivity index (χ1) is 9.95. The maximum absolute atomic E-state index is 11.8. The molecule has 2 rings (SSSR count). The molecule has 1 aromatic carbocycles. The van der Waals surface area contributed by atoms with E-state index in [1.165, 1.54) is 16.9 Å². The van der Waals surface area contributed by atoms with Gasteiger partial charge in [0.2, 0.25) is 5.91 Å². The number of carbonyl (C=O) groups excluding carboxylic acids is 1. The first-order valence-corrected chi connectivity index (χ1v) is 6.22. The Bertz CT molecular complexity index is 681. The lowest BCUT2D eigenvalue weighted by Crippen LogP contribution is -2.15. The largest absolute Gasteiger partial charge is 0.508 e. The molecule has 1 aromatic heterocycles. The Balaban J connectivity index is 1.91. The summed E-state index contributed by atoms with van der Waals surface area (Å²) in [5.74, 6) is -0.101. The molecule has 0 aliphatic carbocycles. The smallest absolute Gasteiger partial charge is 0.306 e. The summed E-state index contributed by atoms with van der Waals surface area (Å²) in [4.78, 5) is 21.8. The number of carbonyl (C=O) groups is 1. The second-order valence-corrected chi connectivity index (χ2v) is 4.52. The quantitative estimate of drug-likeness (QED) is 0.496. The zero-order chi connectivity index (χ0) is 15.4. The summed E-state index contributed by atoms with van der Waals surface area (Å²) in [5.41, 5.74) is 1.26. The van der Waals surface area contributed by atoms with Gasteiger partial charge in [-0.3, -0.25) is 19.6 Å². The highest BCUT2D eigenvalue weighted by molar-refractivity contribution is 5.91. The zero-order valence-corrected chi connectivity index (χ0v) is 11.3. The Morgan fingerprint density at radius 3 is 2.90 bits per heavy atom. The molecular weight excluding hydrogens is 276 g/mol. The lowest BCUT2D eigenvalue weighted by Gasteiger charge is -2.08. The molecule has 0 fully saturated rings. The number of nitrogens with zero attached hydrogens (tertiary/aromatic N) is 3. The van der Waals surface area contributed by atoms with Gasteiger partial charge >= 0.3 is 5.69 Å². The Kier molecular flexibility index (Phi) is 4.17. The van der Waals surface area contributed by atoms with E-state index in [1.54, 1.807) is 19.1 Å². The van der Waals surface area contributed by atoms with E-state index in [0.717, 1.165) is 11.8 Å². The third kappa shape index (κ3) is 3.78. The van der Waals surface area contributed by atoms with Crippen LogP contribution in [0.4, 0.5) is 11.4 Å². The number of phenolic OH excluding ortho intramolecular Hbond substituents is 1. The molecule has 0 atom stereocenters. The summed E-state index contributed by atoms with van der Waals surface area (Å²) < 4.78 is 1.35. The predicted octanol–water partition coefficient (Wildman–Crippen LogP) is 1.83. The highest BCUT2D eigenvalue weighted by atomic mass is 16.6. The molecule has 0 aliphatic rings. The van der Waals surface area contributed by atoms with Gasteiger partial charge in [-0.15, -0.1) is 0 Å². The average molecular weight is 290 g/mol. The molecule has 21 heavy (non-hydrogen) atoms. The second kappa shape index (κ2) is 6.04. The van der Waals surface area contributed by atoms with Crippen molar-refractivity contribution >= 4 is 17.3 Å². The molecule has 110 valence electrons. The van der Waals surface area contributed by atoms with Crippen LogP contribution in [-0.4, -0.2) is 25.7 Å². The van der Waals surface area contributed by atoms with Gasteiger partial charge in [0, 0.05) is 18.7 Å². The Labute approximate surface area is 120 Å². The summed E-state index contributed by atoms with van der Waals surface area (Å²) in [6, 6.07) is 4.65. The number of rotatable bonds is 5. The van der Waals surface area contributed by atoms with Crippen molar-refractivity contribution in [1.82, 2.24) is 9.78 Å². The molecule has 2 N–H and O–H groups in total. The minimum atomic E-state index is -0.538. The fourth-order valence-electron chi connectivity index (χ4n) is 1.79. The third-order valence-electron chi connectivity index (χ3n) is 2.88. The molecule has 0 spiro atoms. The van der Waals surface area contributed by atoms with Crippen LogP contribution in [0.25, 0.3) is 0 Å². The summed E-state index contributed by atoms with van der Waals surface area (Å²) in [6.07, 6.45) is 2.56. The Morgan fingerprint density at radius 2 is 2.29 bits per heavy atom. The molecule has 0 bridgehead atoms. The second-order valence-electron chi connectivity index (χ2n) is 4.52. The first kappa shape index (κ1) is 14.5. The van der Waals surface area contributed by atoms with E-state index in [1.807, 2.05) is 0 Å². The van der Waals surface area contributed by atoms with Crippen molar-refractivity contribution in [2.24, 2.45) is 0 Å². The maximum atomic E-state index is 11.8. The normalized spacial score (nSPS) is 10.3. The van der Waals surface area contributed by atoms with Gasteiger partial charge in [0.05, 0.1) is 4.92 Å². The van der Waals surface area contributed by atoms with Gasteiger partial charge in [-0.1, -0.05) is 0 Å². The Morgan fingerprint density at radius 1 is 1.52 bits per heavy atom. The van der Waals surface area contributed by atoms with Crippen LogP contribution in [0, 0.1) is 17.0 Å². The topological polar surface area (TPSA) is 110 Å². The Hall–Kier alpha value is -2.90. The third-order valence-corrected chi connectivity index (χ3v) is 2.88. The summed E-state index contributed by atoms with van der Waals surface area (Å²) in [6.45, 7) is 2.02. The summed E-state index contributed by atoms with van der Waals surface area (Å²) in [5, 5.41) is 26.3. The van der Waals surface area contributed by atoms with Crippen molar-refractivity contribution in [3.05, 3.63) is 46.3 Å². The van der Waals surface area contributed by atoms with Gasteiger partial charge in [0.1, 0.15) is 18.1 Å². The molecule has 1 heterocycles. The summed E-state index contributed by atoms with van der Waals surface area (Å²) >= 11 is 0. The number of aromatic hydroxyl groups is 1. The number of hydrogen-bond acceptors (Lipinski definition) is 5. The van der Waals surface area contributed by atoms with Gasteiger partial charge in [0.15, 0.2) is 0 Å². The average Bonchev–Trinajstić information content (AvgIpc) is 2.89. The van der Waals surface area contributed by atoms with Crippen molar-refractivity contribution in [2.75, 3.05) is 5.32 Å². The number of phenols is 1. The minimum absolute atomic E-state index is 0.107. The van der Waals surface area contributed by atoms with Crippen LogP contribution >= 0.6 is 0 Å². The molecule has 0 radical (unpaired) electrons. The van der Waals surface area contributed by atoms with E-state index < -0.39 is 4.92 Å². The number of nitro groups is 1. The minimum Gasteiger partial charge on any atom is -0.508 e. The molecule has 8 heteroatoms. The molecule has 0 aliphatic heterocycles. The molecule has 0 saturated heterocycles. The fourth-order valence-corrected chi connectivity index (χ4v) is 1.79. The lowest BCUT2D eigenvalue weighted by molar-refractivity contribution is -0.385. The van der Waals surface area contributed by atoms with E-state index in [4.69, 9.17) is 0 Å². The van der Waals surface area contributed by atoms with Crippen molar-refractivity contribution < 1.29 is 14.8 Å². The number of anilines is 1. The molecule has 2 aromatic rings. The van der Waals surface area contributed by atoms with E-state index in [2.05, 4.69) is 10.4 Å². The standard InChI is InChI=1S/C13H14N4O4/c1-9-6-11(18)2-3-12(9)15-13(19)4-5-16-8-10(7-14-16)17(20)21/h2-3,6-8,18H,4-5H2,1H3,(H,15,19). The SMILES string of the molecule is Cc1cc(O)ccc1NC(=O)CCn1cc([N+](=O)[O-])cn1. The fraction of sp³-hybridized carbons (Fsp3) is 0.231. The number of aryl methyl sites for hydroxylation is 2. The molecule has 1 amide bonds. The van der Waals surface area contributed by atoms with Crippen molar-refractivity contribution in [3.63, 3.8) is 0 Å². The lowest BCUT2D eigenvalue weighted by atomic mass is 10.2. The summed E-state index contributed by atoms with van der Waals surface area (Å²) in [7, 11) is 0. The number of benzene rings is 1. The monoisotopic (exact) mass is 290 g/mol. The number of aromatic nitrogens is 2. The van der Waals surface area contributed by atoms with E-state index >= 15 is 0 Å². The van der Waals surface area contributed by atoms with Crippen LogP contribution in [0.3, 0.4) is 0 Å². The molecule has 0 saturated carbocycles.